The van der Waals surface area contributed by atoms with Crippen LogP contribution in [0.25, 0.3) is 0 Å². The van der Waals surface area contributed by atoms with E-state index in [2.05, 4.69) is 10.3 Å². The first-order valence-electron chi connectivity index (χ1n) is 8.03. The summed E-state index contributed by atoms with van der Waals surface area (Å²) in [5.74, 6) is -0.280. The van der Waals surface area contributed by atoms with Crippen LogP contribution in [0.2, 0.25) is 5.02 Å². The molecule has 2 aromatic carbocycles. The molecule has 0 bridgehead atoms. The standard InChI is InChI=1S/C20H17ClN2O2S/c21-15-7-4-6-14(12-15)18(24)13-23-19(25)17-10-5-11-22-20(17)26-16-8-2-1-3-9-16/h1-12,18,24H,13H2,(H,23,25)/t18-/m0/s1. The highest BCUT2D eigenvalue weighted by atomic mass is 35.5. The third-order valence-electron chi connectivity index (χ3n) is 3.66. The molecule has 0 spiro atoms. The minimum Gasteiger partial charge on any atom is -0.387 e. The number of hydrogen-bond acceptors (Lipinski definition) is 4. The zero-order valence-electron chi connectivity index (χ0n) is 13.8. The van der Waals surface area contributed by atoms with Gasteiger partial charge in [0.05, 0.1) is 11.7 Å². The van der Waals surface area contributed by atoms with E-state index >= 15 is 0 Å². The molecule has 3 aromatic rings. The van der Waals surface area contributed by atoms with Gasteiger partial charge in [-0.25, -0.2) is 4.98 Å². The number of carbonyl (C=O) groups is 1. The fraction of sp³-hybridized carbons (Fsp3) is 0.100. The van der Waals surface area contributed by atoms with Gasteiger partial charge in [-0.3, -0.25) is 4.79 Å². The van der Waals surface area contributed by atoms with E-state index in [9.17, 15) is 9.90 Å². The maximum absolute atomic E-state index is 12.6. The minimum absolute atomic E-state index is 0.0868. The Hall–Kier alpha value is -2.34. The highest BCUT2D eigenvalue weighted by Crippen LogP contribution is 2.28. The Bertz CT molecular complexity index is 890. The van der Waals surface area contributed by atoms with Crippen LogP contribution in [0.3, 0.4) is 0 Å². The maximum Gasteiger partial charge on any atom is 0.254 e. The van der Waals surface area contributed by atoms with Gasteiger partial charge in [0, 0.05) is 22.7 Å². The lowest BCUT2D eigenvalue weighted by atomic mass is 10.1. The third kappa shape index (κ3) is 4.85. The molecule has 0 fully saturated rings. The van der Waals surface area contributed by atoms with Crippen molar-refractivity contribution in [1.82, 2.24) is 10.3 Å². The van der Waals surface area contributed by atoms with Gasteiger partial charge in [-0.1, -0.05) is 53.7 Å². The van der Waals surface area contributed by atoms with Crippen molar-refractivity contribution >= 4 is 29.3 Å². The Morgan fingerprint density at radius 1 is 1.12 bits per heavy atom. The second kappa shape index (κ2) is 8.85. The molecular weight excluding hydrogens is 368 g/mol. The van der Waals surface area contributed by atoms with Gasteiger partial charge in [-0.15, -0.1) is 0 Å². The number of pyridine rings is 1. The maximum atomic E-state index is 12.6. The molecule has 0 aliphatic rings. The number of rotatable bonds is 6. The zero-order valence-corrected chi connectivity index (χ0v) is 15.4. The smallest absolute Gasteiger partial charge is 0.254 e. The van der Waals surface area contributed by atoms with Crippen molar-refractivity contribution in [1.29, 1.82) is 0 Å². The summed E-state index contributed by atoms with van der Waals surface area (Å²) in [7, 11) is 0. The SMILES string of the molecule is O=C(NC[C@H](O)c1cccc(Cl)c1)c1cccnc1Sc1ccccc1. The number of carbonyl (C=O) groups excluding carboxylic acids is 1. The van der Waals surface area contributed by atoms with E-state index in [1.807, 2.05) is 30.3 Å². The van der Waals surface area contributed by atoms with E-state index in [0.29, 0.717) is 21.2 Å². The van der Waals surface area contributed by atoms with Crippen molar-refractivity contribution < 1.29 is 9.90 Å². The van der Waals surface area contributed by atoms with Crippen molar-refractivity contribution in [3.05, 3.63) is 89.1 Å². The number of nitrogens with zero attached hydrogens (tertiary/aromatic N) is 1. The molecule has 4 nitrogen and oxygen atoms in total. The van der Waals surface area contributed by atoms with Gasteiger partial charge in [0.1, 0.15) is 5.03 Å². The van der Waals surface area contributed by atoms with Crippen LogP contribution in [0.15, 0.2) is 82.8 Å². The Balaban J connectivity index is 1.68. The average molecular weight is 385 g/mol. The number of aliphatic hydroxyl groups excluding tert-OH is 1. The summed E-state index contributed by atoms with van der Waals surface area (Å²) in [5.41, 5.74) is 1.13. The van der Waals surface area contributed by atoms with Crippen LogP contribution in [0.4, 0.5) is 0 Å². The summed E-state index contributed by atoms with van der Waals surface area (Å²) < 4.78 is 0. The van der Waals surface area contributed by atoms with Gasteiger partial charge in [0.15, 0.2) is 0 Å². The van der Waals surface area contributed by atoms with Crippen molar-refractivity contribution in [2.45, 2.75) is 16.0 Å². The second-order valence-electron chi connectivity index (χ2n) is 5.55. The lowest BCUT2D eigenvalue weighted by Crippen LogP contribution is -2.29. The number of aliphatic hydroxyl groups is 1. The molecule has 0 saturated heterocycles. The summed E-state index contributed by atoms with van der Waals surface area (Å²) in [4.78, 5) is 17.9. The quantitative estimate of drug-likeness (QED) is 0.663. The molecule has 0 unspecified atom stereocenters. The van der Waals surface area contributed by atoms with Gasteiger partial charge >= 0.3 is 0 Å². The molecule has 3 rings (SSSR count). The highest BCUT2D eigenvalue weighted by molar-refractivity contribution is 7.99. The van der Waals surface area contributed by atoms with E-state index in [1.165, 1.54) is 11.8 Å². The molecule has 1 aromatic heterocycles. The normalized spacial score (nSPS) is 11.8. The van der Waals surface area contributed by atoms with Crippen molar-refractivity contribution in [3.8, 4) is 0 Å². The Morgan fingerprint density at radius 2 is 1.92 bits per heavy atom. The highest BCUT2D eigenvalue weighted by Gasteiger charge is 2.15. The van der Waals surface area contributed by atoms with E-state index in [-0.39, 0.29) is 12.5 Å². The largest absolute Gasteiger partial charge is 0.387 e. The van der Waals surface area contributed by atoms with Crippen LogP contribution in [-0.2, 0) is 0 Å². The Kier molecular flexibility index (Phi) is 6.28. The summed E-state index contributed by atoms with van der Waals surface area (Å²) in [6, 6.07) is 20.1. The van der Waals surface area contributed by atoms with Crippen LogP contribution in [0, 0.1) is 0 Å². The second-order valence-corrected chi connectivity index (χ2v) is 7.05. The first-order valence-corrected chi connectivity index (χ1v) is 9.22. The number of hydrogen-bond donors (Lipinski definition) is 2. The lowest BCUT2D eigenvalue weighted by molar-refractivity contribution is 0.0912. The average Bonchev–Trinajstić information content (AvgIpc) is 2.67. The fourth-order valence-corrected chi connectivity index (χ4v) is 3.46. The fourth-order valence-electron chi connectivity index (χ4n) is 2.36. The molecule has 1 amide bonds. The molecular formula is C20H17ClN2O2S. The molecule has 1 atom stereocenters. The monoisotopic (exact) mass is 384 g/mol. The predicted molar refractivity (Wildman–Crippen MR) is 104 cm³/mol. The van der Waals surface area contributed by atoms with Crippen LogP contribution in [0.1, 0.15) is 22.0 Å². The first-order chi connectivity index (χ1) is 12.6. The number of halogens is 1. The summed E-state index contributed by atoms with van der Waals surface area (Å²) in [6.07, 6.45) is 0.822. The topological polar surface area (TPSA) is 62.2 Å². The molecule has 0 radical (unpaired) electrons. The molecule has 6 heteroatoms. The minimum atomic E-state index is -0.834. The van der Waals surface area contributed by atoms with Gasteiger partial charge < -0.3 is 10.4 Å². The van der Waals surface area contributed by atoms with Crippen molar-refractivity contribution in [3.63, 3.8) is 0 Å². The van der Waals surface area contributed by atoms with E-state index in [0.717, 1.165) is 4.90 Å². The third-order valence-corrected chi connectivity index (χ3v) is 4.92. The molecule has 1 heterocycles. The molecule has 26 heavy (non-hydrogen) atoms. The Morgan fingerprint density at radius 3 is 2.69 bits per heavy atom. The van der Waals surface area contributed by atoms with E-state index in [1.54, 1.807) is 42.6 Å². The number of benzene rings is 2. The van der Waals surface area contributed by atoms with Gasteiger partial charge in [0.25, 0.3) is 5.91 Å². The number of nitrogens with one attached hydrogen (secondary N) is 1. The van der Waals surface area contributed by atoms with Crippen molar-refractivity contribution in [2.75, 3.05) is 6.54 Å². The predicted octanol–water partition coefficient (Wildman–Crippen LogP) is 4.35. The van der Waals surface area contributed by atoms with Crippen molar-refractivity contribution in [2.24, 2.45) is 0 Å². The first kappa shape index (κ1) is 18.5. The van der Waals surface area contributed by atoms with Gasteiger partial charge in [-0.2, -0.15) is 0 Å². The summed E-state index contributed by atoms with van der Waals surface area (Å²) in [6.45, 7) is 0.0868. The molecule has 2 N–H and O–H groups in total. The van der Waals surface area contributed by atoms with Crippen LogP contribution in [-0.4, -0.2) is 22.5 Å². The number of aromatic nitrogens is 1. The van der Waals surface area contributed by atoms with E-state index in [4.69, 9.17) is 11.6 Å². The molecule has 0 aliphatic heterocycles. The molecule has 132 valence electrons. The molecule has 0 saturated carbocycles. The lowest BCUT2D eigenvalue weighted by Gasteiger charge is -2.13. The van der Waals surface area contributed by atoms with Gasteiger partial charge in [-0.05, 0) is 42.0 Å². The zero-order chi connectivity index (χ0) is 18.4. The van der Waals surface area contributed by atoms with Gasteiger partial charge in [0.2, 0.25) is 0 Å². The number of amides is 1. The van der Waals surface area contributed by atoms with Crippen LogP contribution < -0.4 is 5.32 Å². The van der Waals surface area contributed by atoms with Crippen LogP contribution >= 0.6 is 23.4 Å². The molecule has 0 aliphatic carbocycles. The van der Waals surface area contributed by atoms with Crippen LogP contribution in [0.5, 0.6) is 0 Å². The Labute approximate surface area is 161 Å². The van der Waals surface area contributed by atoms with E-state index < -0.39 is 6.10 Å². The summed E-state index contributed by atoms with van der Waals surface area (Å²) >= 11 is 7.36. The summed E-state index contributed by atoms with van der Waals surface area (Å²) in [5, 5.41) is 14.2.